The lowest BCUT2D eigenvalue weighted by molar-refractivity contribution is -0.139. The summed E-state index contributed by atoms with van der Waals surface area (Å²) in [5.41, 5.74) is 1.52. The fourth-order valence-electron chi connectivity index (χ4n) is 3.47. The number of carbonyl (C=O) groups is 3. The fraction of sp³-hybridized carbons (Fsp3) is 0.348. The summed E-state index contributed by atoms with van der Waals surface area (Å²) in [6.07, 6.45) is 3.29. The molecule has 2 aromatic carbocycles. The van der Waals surface area contributed by atoms with Crippen molar-refractivity contribution in [2.45, 2.75) is 31.3 Å². The molecule has 3 unspecified atom stereocenters. The second-order valence-corrected chi connectivity index (χ2v) is 9.60. The lowest BCUT2D eigenvalue weighted by Gasteiger charge is -2.17. The highest BCUT2D eigenvalue weighted by atomic mass is 32.2. The number of nitrogens with one attached hydrogen (secondary N) is 3. The highest BCUT2D eigenvalue weighted by molar-refractivity contribution is 7.98. The van der Waals surface area contributed by atoms with Gasteiger partial charge in [0.05, 0.1) is 0 Å². The van der Waals surface area contributed by atoms with Crippen LogP contribution >= 0.6 is 11.8 Å². The highest BCUT2D eigenvalue weighted by Gasteiger charge is 2.23. The smallest absolute Gasteiger partial charge is 0.326 e. The third kappa shape index (κ3) is 7.31. The molecule has 0 bridgehead atoms. The maximum absolute atomic E-state index is 13.0. The summed E-state index contributed by atoms with van der Waals surface area (Å²) in [5, 5.41) is 14.8. The standard InChI is InChI=1S/C23H27N3O6S2/c1-33-12-11-20(23(29)30)26-22(28)18-9-8-17(13-19(18)15-5-3-2-4-6-15)32-34(31)24-14-16-7-10-21(27)25-16/h2-6,8-9,13,16,20,24H,7,10-12,14H2,1H3,(H,25,27)(H,26,28)(H,29,30). The number of benzene rings is 2. The van der Waals surface area contributed by atoms with E-state index in [0.29, 0.717) is 37.1 Å². The molecule has 2 amide bonds. The number of carboxylic acid groups (broad SMARTS) is 1. The van der Waals surface area contributed by atoms with Gasteiger partial charge in [0, 0.05) is 24.6 Å². The van der Waals surface area contributed by atoms with E-state index >= 15 is 0 Å². The summed E-state index contributed by atoms with van der Waals surface area (Å²) in [7, 11) is 0. The average molecular weight is 506 g/mol. The maximum atomic E-state index is 13.0. The van der Waals surface area contributed by atoms with Crippen molar-refractivity contribution in [1.82, 2.24) is 15.4 Å². The zero-order chi connectivity index (χ0) is 24.5. The lowest BCUT2D eigenvalue weighted by atomic mass is 9.98. The Morgan fingerprint density at radius 1 is 1.26 bits per heavy atom. The van der Waals surface area contributed by atoms with Gasteiger partial charge in [-0.2, -0.15) is 16.0 Å². The summed E-state index contributed by atoms with van der Waals surface area (Å²) in [6.45, 7) is 0.303. The Bertz CT molecular complexity index is 1050. The molecule has 0 spiro atoms. The summed E-state index contributed by atoms with van der Waals surface area (Å²) < 4.78 is 20.6. The van der Waals surface area contributed by atoms with Crippen LogP contribution in [0, 0.1) is 0 Å². The van der Waals surface area contributed by atoms with Crippen LogP contribution in [0.15, 0.2) is 48.5 Å². The van der Waals surface area contributed by atoms with Gasteiger partial charge in [0.15, 0.2) is 0 Å². The summed E-state index contributed by atoms with van der Waals surface area (Å²) in [4.78, 5) is 35.9. The summed E-state index contributed by atoms with van der Waals surface area (Å²) >= 11 is -0.358. The van der Waals surface area contributed by atoms with Crippen molar-refractivity contribution in [1.29, 1.82) is 0 Å². The van der Waals surface area contributed by atoms with Gasteiger partial charge in [-0.15, -0.1) is 0 Å². The van der Waals surface area contributed by atoms with Crippen molar-refractivity contribution in [2.24, 2.45) is 0 Å². The minimum atomic E-state index is -1.86. The van der Waals surface area contributed by atoms with E-state index in [4.69, 9.17) is 4.18 Å². The molecule has 3 atom stereocenters. The number of hydrogen-bond donors (Lipinski definition) is 4. The van der Waals surface area contributed by atoms with Gasteiger partial charge in [0.2, 0.25) is 5.91 Å². The van der Waals surface area contributed by atoms with E-state index in [-0.39, 0.29) is 23.3 Å². The van der Waals surface area contributed by atoms with Gasteiger partial charge >= 0.3 is 5.97 Å². The van der Waals surface area contributed by atoms with Gasteiger partial charge in [-0.3, -0.25) is 9.59 Å². The Morgan fingerprint density at radius 3 is 2.68 bits per heavy atom. The van der Waals surface area contributed by atoms with Crippen molar-refractivity contribution in [3.8, 4) is 16.9 Å². The van der Waals surface area contributed by atoms with Crippen molar-refractivity contribution < 1.29 is 27.9 Å². The Kier molecular flexibility index (Phi) is 9.49. The SMILES string of the molecule is CSCCC(NC(=O)c1ccc(OS(=O)NCC2CCC(=O)N2)cc1-c1ccccc1)C(=O)O. The number of carbonyl (C=O) groups excluding carboxylic acids is 2. The molecule has 0 radical (unpaired) electrons. The fourth-order valence-corrected chi connectivity index (χ4v) is 4.62. The molecule has 1 aliphatic heterocycles. The third-order valence-corrected chi connectivity index (χ3v) is 6.63. The van der Waals surface area contributed by atoms with Crippen LogP contribution < -0.4 is 19.5 Å². The van der Waals surface area contributed by atoms with Gasteiger partial charge in [-0.25, -0.2) is 9.52 Å². The number of hydrogen-bond acceptors (Lipinski definition) is 6. The van der Waals surface area contributed by atoms with Crippen LogP contribution in [-0.2, 0) is 20.9 Å². The van der Waals surface area contributed by atoms with Crippen LogP contribution in [0.25, 0.3) is 11.1 Å². The second-order valence-electron chi connectivity index (χ2n) is 7.69. The molecule has 1 aliphatic rings. The molecule has 1 fully saturated rings. The Balaban J connectivity index is 1.76. The van der Waals surface area contributed by atoms with Crippen molar-refractivity contribution in [3.63, 3.8) is 0 Å². The first-order valence-corrected chi connectivity index (χ1v) is 13.2. The van der Waals surface area contributed by atoms with Gasteiger partial charge in [0.25, 0.3) is 17.2 Å². The molecular weight excluding hydrogens is 478 g/mol. The highest BCUT2D eigenvalue weighted by Crippen LogP contribution is 2.28. The summed E-state index contributed by atoms with van der Waals surface area (Å²) in [6, 6.07) is 12.6. The predicted octanol–water partition coefficient (Wildman–Crippen LogP) is 2.12. The van der Waals surface area contributed by atoms with Crippen LogP contribution in [0.5, 0.6) is 5.75 Å². The second kappa shape index (κ2) is 12.5. The number of aliphatic carboxylic acids is 1. The van der Waals surface area contributed by atoms with Crippen LogP contribution in [0.4, 0.5) is 0 Å². The van der Waals surface area contributed by atoms with Gasteiger partial charge in [-0.1, -0.05) is 30.3 Å². The van der Waals surface area contributed by atoms with E-state index in [1.54, 1.807) is 6.07 Å². The quantitative estimate of drug-likeness (QED) is 0.347. The number of amides is 2. The van der Waals surface area contributed by atoms with E-state index in [0.717, 1.165) is 5.56 Å². The van der Waals surface area contributed by atoms with Crippen LogP contribution in [0.1, 0.15) is 29.6 Å². The zero-order valence-electron chi connectivity index (χ0n) is 18.6. The molecule has 9 nitrogen and oxygen atoms in total. The molecular formula is C23H27N3O6S2. The van der Waals surface area contributed by atoms with Crippen molar-refractivity contribution in [3.05, 3.63) is 54.1 Å². The molecule has 11 heteroatoms. The van der Waals surface area contributed by atoms with E-state index in [2.05, 4.69) is 15.4 Å². The third-order valence-electron chi connectivity index (χ3n) is 5.24. The maximum Gasteiger partial charge on any atom is 0.326 e. The Hall–Kier alpha value is -2.89. The molecule has 34 heavy (non-hydrogen) atoms. The first-order valence-electron chi connectivity index (χ1n) is 10.7. The molecule has 1 saturated heterocycles. The van der Waals surface area contributed by atoms with Gasteiger partial charge in [0.1, 0.15) is 11.8 Å². The van der Waals surface area contributed by atoms with E-state index < -0.39 is 29.2 Å². The minimum absolute atomic E-state index is 0.0292. The normalized spacial score (nSPS) is 17.0. The summed E-state index contributed by atoms with van der Waals surface area (Å²) in [5.74, 6) is -0.773. The van der Waals surface area contributed by atoms with Crippen molar-refractivity contribution >= 4 is 40.8 Å². The molecule has 0 saturated carbocycles. The van der Waals surface area contributed by atoms with Crippen LogP contribution in [0.2, 0.25) is 0 Å². The predicted molar refractivity (Wildman–Crippen MR) is 132 cm³/mol. The largest absolute Gasteiger partial charge is 0.480 e. The lowest BCUT2D eigenvalue weighted by Crippen LogP contribution is -2.41. The first kappa shape index (κ1) is 25.7. The van der Waals surface area contributed by atoms with Crippen LogP contribution in [-0.4, -0.2) is 57.7 Å². The van der Waals surface area contributed by atoms with Gasteiger partial charge < -0.3 is 19.9 Å². The van der Waals surface area contributed by atoms with E-state index in [9.17, 15) is 23.7 Å². The first-order chi connectivity index (χ1) is 16.4. The zero-order valence-corrected chi connectivity index (χ0v) is 20.2. The molecule has 4 N–H and O–H groups in total. The molecule has 0 aliphatic carbocycles. The Labute approximate surface area is 204 Å². The monoisotopic (exact) mass is 505 g/mol. The number of carboxylic acids is 1. The number of rotatable bonds is 12. The molecule has 3 rings (SSSR count). The van der Waals surface area contributed by atoms with Gasteiger partial charge in [-0.05, 0) is 54.2 Å². The number of thioether (sulfide) groups is 1. The van der Waals surface area contributed by atoms with E-state index in [1.807, 2.05) is 36.6 Å². The van der Waals surface area contributed by atoms with Crippen molar-refractivity contribution in [2.75, 3.05) is 18.6 Å². The topological polar surface area (TPSA) is 134 Å². The molecule has 1 heterocycles. The minimum Gasteiger partial charge on any atom is -0.480 e. The van der Waals surface area contributed by atoms with Crippen LogP contribution in [0.3, 0.4) is 0 Å². The molecule has 182 valence electrons. The molecule has 2 aromatic rings. The average Bonchev–Trinajstić information content (AvgIpc) is 3.25. The molecule has 0 aromatic heterocycles. The van der Waals surface area contributed by atoms with E-state index in [1.165, 1.54) is 23.9 Å². The Morgan fingerprint density at radius 2 is 2.03 bits per heavy atom.